The largest absolute Gasteiger partial charge is 0.480 e. The molecule has 0 heterocycles. The van der Waals surface area contributed by atoms with E-state index in [1.165, 1.54) is 24.5 Å². The van der Waals surface area contributed by atoms with Gasteiger partial charge in [-0.25, -0.2) is 13.2 Å². The number of non-ortho nitro benzene ring substituents is 1. The van der Waals surface area contributed by atoms with Gasteiger partial charge in [-0.3, -0.25) is 19.7 Å². The van der Waals surface area contributed by atoms with E-state index in [-0.39, 0.29) is 29.3 Å². The number of unbranched alkanes of at least 4 members (excludes halogenated alkanes) is 1. The van der Waals surface area contributed by atoms with Gasteiger partial charge in [0.25, 0.3) is 11.6 Å². The van der Waals surface area contributed by atoms with E-state index in [1.54, 1.807) is 31.2 Å². The van der Waals surface area contributed by atoms with Gasteiger partial charge in [0.2, 0.25) is 5.91 Å². The Balaban J connectivity index is 1.63. The Hall–Kier alpha value is -3.80. The van der Waals surface area contributed by atoms with Gasteiger partial charge in [-0.05, 0) is 55.9 Å². The topological polar surface area (TPSA) is 173 Å². The van der Waals surface area contributed by atoms with Crippen LogP contribution in [0.5, 0.6) is 0 Å². The predicted octanol–water partition coefficient (Wildman–Crippen LogP) is 4.04. The number of sulfone groups is 1. The molecule has 3 N–H and O–H groups in total. The molecule has 11 nitrogen and oxygen atoms in total. The summed E-state index contributed by atoms with van der Waals surface area (Å²) in [4.78, 5) is 48.5. The van der Waals surface area contributed by atoms with Crippen LogP contribution in [0.1, 0.15) is 66.4 Å². The summed E-state index contributed by atoms with van der Waals surface area (Å²) in [5.41, 5.74) is 0.921. The maximum atomic E-state index is 13.3. The average Bonchev–Trinajstić information content (AvgIpc) is 3.37. The second kappa shape index (κ2) is 13.0. The molecule has 0 spiro atoms. The molecule has 1 atom stereocenters. The monoisotopic (exact) mass is 573 g/mol. The molecule has 0 saturated heterocycles. The number of hydrogen-bond acceptors (Lipinski definition) is 7. The number of benzene rings is 2. The lowest BCUT2D eigenvalue weighted by Crippen LogP contribution is -2.48. The number of carbonyl (C=O) groups excluding carboxylic acids is 2. The number of nitro benzene ring substituents is 1. The molecule has 2 aromatic rings. The van der Waals surface area contributed by atoms with Crippen molar-refractivity contribution in [1.29, 1.82) is 0 Å². The highest BCUT2D eigenvalue weighted by atomic mass is 32.2. The number of amides is 2. The zero-order valence-electron chi connectivity index (χ0n) is 22.6. The number of nitrogens with zero attached hydrogens (tertiary/aromatic N) is 1. The summed E-state index contributed by atoms with van der Waals surface area (Å²) in [6.07, 6.45) is 5.76. The van der Waals surface area contributed by atoms with Crippen molar-refractivity contribution < 1.29 is 32.8 Å². The fraction of sp³-hybridized carbons (Fsp3) is 0.464. The lowest BCUT2D eigenvalue weighted by atomic mass is 9.80. The Kier molecular flexibility index (Phi) is 10.0. The summed E-state index contributed by atoms with van der Waals surface area (Å²) >= 11 is 0. The number of aliphatic carboxylic acids is 1. The zero-order chi connectivity index (χ0) is 29.5. The first kappa shape index (κ1) is 30.7. The first-order valence-electron chi connectivity index (χ1n) is 13.2. The molecule has 0 unspecified atom stereocenters. The summed E-state index contributed by atoms with van der Waals surface area (Å²) in [7, 11) is -3.08. The van der Waals surface area contributed by atoms with E-state index in [0.717, 1.165) is 12.8 Å². The molecule has 0 aliphatic heterocycles. The normalized spacial score (nSPS) is 15.2. The van der Waals surface area contributed by atoms with Gasteiger partial charge < -0.3 is 15.7 Å². The smallest absolute Gasteiger partial charge is 0.326 e. The lowest BCUT2D eigenvalue weighted by Gasteiger charge is -2.29. The van der Waals surface area contributed by atoms with Crippen LogP contribution in [0.2, 0.25) is 0 Å². The maximum Gasteiger partial charge on any atom is 0.326 e. The molecule has 3 rings (SSSR count). The Morgan fingerprint density at radius 3 is 2.30 bits per heavy atom. The standard InChI is InChI=1S/C28H35N3O8S/c1-19-7-12-22(31(36)37)18-23(19)25(32)29-21-10-8-20(9-11-21)17-24(26(33)34)30-27(35)28(13-3-4-14-28)15-5-6-16-40(2,38)39/h7-12,18,24H,3-6,13-17H2,1-2H3,(H,29,32)(H,30,35)(H,33,34)/t24-/m0/s1. The third-order valence-corrected chi connectivity index (χ3v) is 8.42. The van der Waals surface area contributed by atoms with Gasteiger partial charge >= 0.3 is 5.97 Å². The van der Waals surface area contributed by atoms with Crippen LogP contribution in [-0.4, -0.2) is 54.3 Å². The Morgan fingerprint density at radius 1 is 1.07 bits per heavy atom. The second-order valence-corrected chi connectivity index (χ2v) is 12.8. The number of carbonyl (C=O) groups is 3. The summed E-state index contributed by atoms with van der Waals surface area (Å²) in [5.74, 6) is -1.93. The molecular formula is C28H35N3O8S. The van der Waals surface area contributed by atoms with Crippen molar-refractivity contribution in [3.05, 3.63) is 69.3 Å². The van der Waals surface area contributed by atoms with Crippen LogP contribution in [0.15, 0.2) is 42.5 Å². The van der Waals surface area contributed by atoms with E-state index in [4.69, 9.17) is 0 Å². The second-order valence-electron chi connectivity index (χ2n) is 10.6. The number of carboxylic acid groups (broad SMARTS) is 1. The van der Waals surface area contributed by atoms with Gasteiger partial charge in [0.15, 0.2) is 0 Å². The van der Waals surface area contributed by atoms with Crippen LogP contribution in [0.4, 0.5) is 11.4 Å². The van der Waals surface area contributed by atoms with Crippen molar-refractivity contribution in [1.82, 2.24) is 5.32 Å². The van der Waals surface area contributed by atoms with Gasteiger partial charge in [-0.15, -0.1) is 0 Å². The van der Waals surface area contributed by atoms with Crippen LogP contribution >= 0.6 is 0 Å². The number of carboxylic acids is 1. The molecule has 216 valence electrons. The third kappa shape index (κ3) is 8.35. The number of aryl methyl sites for hydroxylation is 1. The quantitative estimate of drug-likeness (QED) is 0.183. The molecule has 1 fully saturated rings. The highest BCUT2D eigenvalue weighted by Crippen LogP contribution is 2.42. The van der Waals surface area contributed by atoms with Crippen molar-refractivity contribution >= 4 is 39.0 Å². The van der Waals surface area contributed by atoms with Crippen LogP contribution < -0.4 is 10.6 Å². The molecular weight excluding hydrogens is 538 g/mol. The number of nitrogens with one attached hydrogen (secondary N) is 2. The Labute approximate surface area is 233 Å². The van der Waals surface area contributed by atoms with Crippen molar-refractivity contribution in [2.45, 2.75) is 64.3 Å². The lowest BCUT2D eigenvalue weighted by molar-refractivity contribution is -0.384. The summed E-state index contributed by atoms with van der Waals surface area (Å²) in [6, 6.07) is 9.37. The van der Waals surface area contributed by atoms with Gasteiger partial charge in [0.1, 0.15) is 15.9 Å². The van der Waals surface area contributed by atoms with Crippen LogP contribution in [0.3, 0.4) is 0 Å². The van der Waals surface area contributed by atoms with Crippen LogP contribution in [-0.2, 0) is 25.8 Å². The third-order valence-electron chi connectivity index (χ3n) is 7.39. The number of anilines is 1. The molecule has 1 aliphatic rings. The van der Waals surface area contributed by atoms with Gasteiger partial charge in [0, 0.05) is 47.2 Å². The maximum absolute atomic E-state index is 13.3. The molecule has 0 aromatic heterocycles. The van der Waals surface area contributed by atoms with Crippen molar-refractivity contribution in [2.75, 3.05) is 17.3 Å². The van der Waals surface area contributed by atoms with E-state index >= 15 is 0 Å². The molecule has 0 radical (unpaired) electrons. The SMILES string of the molecule is Cc1ccc([N+](=O)[O-])cc1C(=O)Nc1ccc(C[C@H](NC(=O)C2(CCCCS(C)(=O)=O)CCCC2)C(=O)O)cc1. The Morgan fingerprint density at radius 2 is 1.73 bits per heavy atom. The molecule has 40 heavy (non-hydrogen) atoms. The van der Waals surface area contributed by atoms with Gasteiger partial charge in [0.05, 0.1) is 4.92 Å². The number of hydrogen-bond donors (Lipinski definition) is 3. The van der Waals surface area contributed by atoms with Gasteiger partial charge in [-0.2, -0.15) is 0 Å². The van der Waals surface area contributed by atoms with Crippen molar-refractivity contribution in [2.24, 2.45) is 5.41 Å². The van der Waals surface area contributed by atoms with E-state index in [0.29, 0.717) is 48.9 Å². The van der Waals surface area contributed by atoms with Crippen LogP contribution in [0.25, 0.3) is 0 Å². The minimum Gasteiger partial charge on any atom is -0.480 e. The molecule has 12 heteroatoms. The van der Waals surface area contributed by atoms with Crippen LogP contribution in [0, 0.1) is 22.5 Å². The fourth-order valence-corrected chi connectivity index (χ4v) is 5.84. The molecule has 0 bridgehead atoms. The molecule has 1 saturated carbocycles. The van der Waals surface area contributed by atoms with Crippen molar-refractivity contribution in [3.63, 3.8) is 0 Å². The minimum absolute atomic E-state index is 0.0312. The Bertz CT molecular complexity index is 1370. The number of rotatable bonds is 13. The van der Waals surface area contributed by atoms with Gasteiger partial charge in [-0.1, -0.05) is 37.5 Å². The van der Waals surface area contributed by atoms with E-state index in [1.807, 2.05) is 0 Å². The average molecular weight is 574 g/mol. The van der Waals surface area contributed by atoms with E-state index in [2.05, 4.69) is 10.6 Å². The molecule has 2 amide bonds. The molecule has 1 aliphatic carbocycles. The zero-order valence-corrected chi connectivity index (χ0v) is 23.5. The van der Waals surface area contributed by atoms with E-state index < -0.39 is 38.1 Å². The number of nitro groups is 1. The summed E-state index contributed by atoms with van der Waals surface area (Å²) in [6.45, 7) is 1.67. The summed E-state index contributed by atoms with van der Waals surface area (Å²) < 4.78 is 22.9. The fourth-order valence-electron chi connectivity index (χ4n) is 5.11. The predicted molar refractivity (Wildman–Crippen MR) is 150 cm³/mol. The molecule has 2 aromatic carbocycles. The van der Waals surface area contributed by atoms with E-state index in [9.17, 15) is 38.0 Å². The van der Waals surface area contributed by atoms with Crippen molar-refractivity contribution in [3.8, 4) is 0 Å². The summed E-state index contributed by atoms with van der Waals surface area (Å²) in [5, 5.41) is 26.3. The first-order chi connectivity index (χ1) is 18.8. The highest BCUT2D eigenvalue weighted by Gasteiger charge is 2.41. The first-order valence-corrected chi connectivity index (χ1v) is 15.2. The highest BCUT2D eigenvalue weighted by molar-refractivity contribution is 7.90. The minimum atomic E-state index is -3.08.